The van der Waals surface area contributed by atoms with E-state index in [-0.39, 0.29) is 0 Å². The Morgan fingerprint density at radius 2 is 2.29 bits per heavy atom. The minimum atomic E-state index is 0.342. The summed E-state index contributed by atoms with van der Waals surface area (Å²) >= 11 is 0. The van der Waals surface area contributed by atoms with Crippen LogP contribution in [0.5, 0.6) is 0 Å². The second kappa shape index (κ2) is 5.51. The molecule has 0 bridgehead atoms. The Balaban J connectivity index is 1.80. The van der Waals surface area contributed by atoms with E-state index in [1.54, 1.807) is 5.57 Å². The Kier molecular flexibility index (Phi) is 4.23. The number of nitrogens with one attached hydrogen (secondary N) is 1. The topological polar surface area (TPSA) is 24.5 Å². The lowest BCUT2D eigenvalue weighted by molar-refractivity contribution is 0.00669. The van der Waals surface area contributed by atoms with Crippen LogP contribution in [0.4, 0.5) is 0 Å². The molecule has 0 aromatic carbocycles. The maximum atomic E-state index is 5.75. The first kappa shape index (κ1) is 13.1. The third kappa shape index (κ3) is 3.80. The summed E-state index contributed by atoms with van der Waals surface area (Å²) in [6.07, 6.45) is 4.01. The molecular formula is C14H26N2O. The number of nitrogens with zero attached hydrogens (tertiary/aromatic N) is 1. The van der Waals surface area contributed by atoms with E-state index in [2.05, 4.69) is 37.1 Å². The average molecular weight is 238 g/mol. The van der Waals surface area contributed by atoms with E-state index in [9.17, 15) is 0 Å². The molecule has 2 rings (SSSR count). The molecule has 0 amide bonds. The summed E-state index contributed by atoms with van der Waals surface area (Å²) < 4.78 is 5.75. The molecule has 17 heavy (non-hydrogen) atoms. The lowest BCUT2D eigenvalue weighted by atomic mass is 9.83. The van der Waals surface area contributed by atoms with Crippen molar-refractivity contribution < 1.29 is 4.74 Å². The Bertz CT molecular complexity index is 274. The zero-order valence-electron chi connectivity index (χ0n) is 11.5. The fourth-order valence-corrected chi connectivity index (χ4v) is 2.58. The third-order valence-electron chi connectivity index (χ3n) is 3.72. The lowest BCUT2D eigenvalue weighted by Gasteiger charge is -2.35. The second-order valence-corrected chi connectivity index (χ2v) is 6.19. The van der Waals surface area contributed by atoms with E-state index in [1.165, 1.54) is 13.0 Å². The first-order chi connectivity index (χ1) is 8.05. The van der Waals surface area contributed by atoms with Crippen molar-refractivity contribution in [3.05, 3.63) is 11.6 Å². The van der Waals surface area contributed by atoms with E-state index in [0.29, 0.717) is 11.5 Å². The minimum Gasteiger partial charge on any atom is -0.374 e. The standard InChI is InChI=1S/C14H26N2O/c1-14(2,3)12-4-7-16(8-5-12)11-13-10-15-6-9-17-13/h4,13,15H,5-11H2,1-3H3. The molecule has 0 radical (unpaired) electrons. The molecule has 98 valence electrons. The van der Waals surface area contributed by atoms with Crippen molar-refractivity contribution in [2.45, 2.75) is 33.3 Å². The highest BCUT2D eigenvalue weighted by Crippen LogP contribution is 2.30. The van der Waals surface area contributed by atoms with Crippen molar-refractivity contribution in [2.75, 3.05) is 39.3 Å². The molecule has 0 aliphatic carbocycles. The van der Waals surface area contributed by atoms with Crippen molar-refractivity contribution in [2.24, 2.45) is 5.41 Å². The maximum absolute atomic E-state index is 5.75. The summed E-state index contributed by atoms with van der Waals surface area (Å²) in [6, 6.07) is 0. The van der Waals surface area contributed by atoms with Crippen LogP contribution in [0.25, 0.3) is 0 Å². The summed E-state index contributed by atoms with van der Waals surface area (Å²) in [5.41, 5.74) is 1.95. The quantitative estimate of drug-likeness (QED) is 0.740. The molecule has 1 N–H and O–H groups in total. The van der Waals surface area contributed by atoms with Gasteiger partial charge in [-0.1, -0.05) is 32.4 Å². The van der Waals surface area contributed by atoms with Crippen molar-refractivity contribution in [3.8, 4) is 0 Å². The van der Waals surface area contributed by atoms with Gasteiger partial charge in [0, 0.05) is 32.7 Å². The van der Waals surface area contributed by atoms with E-state index >= 15 is 0 Å². The molecule has 2 heterocycles. The summed E-state index contributed by atoms with van der Waals surface area (Å²) in [6.45, 7) is 13.1. The fourth-order valence-electron chi connectivity index (χ4n) is 2.58. The molecule has 2 aliphatic heterocycles. The highest BCUT2D eigenvalue weighted by molar-refractivity contribution is 5.14. The van der Waals surface area contributed by atoms with Crippen LogP contribution in [0.2, 0.25) is 0 Å². The lowest BCUT2D eigenvalue weighted by Crippen LogP contribution is -2.46. The van der Waals surface area contributed by atoms with Crippen LogP contribution in [-0.2, 0) is 4.74 Å². The summed E-state index contributed by atoms with van der Waals surface area (Å²) in [5, 5.41) is 3.39. The van der Waals surface area contributed by atoms with E-state index in [1.807, 2.05) is 0 Å². The van der Waals surface area contributed by atoms with Crippen LogP contribution in [0, 0.1) is 5.41 Å². The normalized spacial score (nSPS) is 27.9. The van der Waals surface area contributed by atoms with E-state index < -0.39 is 0 Å². The summed E-state index contributed by atoms with van der Waals surface area (Å²) in [5.74, 6) is 0. The van der Waals surface area contributed by atoms with Crippen molar-refractivity contribution in [1.29, 1.82) is 0 Å². The van der Waals surface area contributed by atoms with Crippen LogP contribution >= 0.6 is 0 Å². The van der Waals surface area contributed by atoms with Crippen LogP contribution in [0.3, 0.4) is 0 Å². The van der Waals surface area contributed by atoms with E-state index in [4.69, 9.17) is 4.74 Å². The summed E-state index contributed by atoms with van der Waals surface area (Å²) in [7, 11) is 0. The van der Waals surface area contributed by atoms with Gasteiger partial charge in [-0.25, -0.2) is 0 Å². The van der Waals surface area contributed by atoms with Crippen LogP contribution < -0.4 is 5.32 Å². The fraction of sp³-hybridized carbons (Fsp3) is 0.857. The van der Waals surface area contributed by atoms with Crippen LogP contribution in [0.1, 0.15) is 27.2 Å². The van der Waals surface area contributed by atoms with Gasteiger partial charge in [0.15, 0.2) is 0 Å². The second-order valence-electron chi connectivity index (χ2n) is 6.19. The highest BCUT2D eigenvalue weighted by atomic mass is 16.5. The molecule has 0 saturated carbocycles. The van der Waals surface area contributed by atoms with Gasteiger partial charge in [-0.15, -0.1) is 0 Å². The molecule has 3 heteroatoms. The predicted octanol–water partition coefficient (Wildman–Crippen LogP) is 1.65. The smallest absolute Gasteiger partial charge is 0.0826 e. The Morgan fingerprint density at radius 1 is 1.47 bits per heavy atom. The predicted molar refractivity (Wildman–Crippen MR) is 71.2 cm³/mol. The molecule has 1 unspecified atom stereocenters. The molecular weight excluding hydrogens is 212 g/mol. The highest BCUT2D eigenvalue weighted by Gasteiger charge is 2.23. The molecule has 1 atom stereocenters. The van der Waals surface area contributed by atoms with Crippen molar-refractivity contribution >= 4 is 0 Å². The van der Waals surface area contributed by atoms with Crippen LogP contribution in [0.15, 0.2) is 11.6 Å². The third-order valence-corrected chi connectivity index (χ3v) is 3.72. The first-order valence-electron chi connectivity index (χ1n) is 6.80. The van der Waals surface area contributed by atoms with Gasteiger partial charge >= 0.3 is 0 Å². The van der Waals surface area contributed by atoms with Gasteiger partial charge in [-0.05, 0) is 11.8 Å². The average Bonchev–Trinajstić information content (AvgIpc) is 2.30. The number of hydrogen-bond donors (Lipinski definition) is 1. The first-order valence-corrected chi connectivity index (χ1v) is 6.80. The monoisotopic (exact) mass is 238 g/mol. The van der Waals surface area contributed by atoms with Gasteiger partial charge < -0.3 is 10.1 Å². The van der Waals surface area contributed by atoms with E-state index in [0.717, 1.165) is 32.8 Å². The molecule has 0 aromatic heterocycles. The van der Waals surface area contributed by atoms with Gasteiger partial charge in [-0.2, -0.15) is 0 Å². The van der Waals surface area contributed by atoms with Gasteiger partial charge in [0.2, 0.25) is 0 Å². The maximum Gasteiger partial charge on any atom is 0.0826 e. The molecule has 3 nitrogen and oxygen atoms in total. The molecule has 2 aliphatic rings. The van der Waals surface area contributed by atoms with Gasteiger partial charge in [0.05, 0.1) is 12.7 Å². The SMILES string of the molecule is CC(C)(C)C1=CCN(CC2CNCCO2)CC1. The molecule has 1 fully saturated rings. The molecule has 0 spiro atoms. The van der Waals surface area contributed by atoms with Gasteiger partial charge in [0.25, 0.3) is 0 Å². The zero-order chi connectivity index (χ0) is 12.3. The van der Waals surface area contributed by atoms with Gasteiger partial charge in [-0.3, -0.25) is 4.90 Å². The largest absolute Gasteiger partial charge is 0.374 e. The van der Waals surface area contributed by atoms with Crippen molar-refractivity contribution in [1.82, 2.24) is 10.2 Å². The minimum absolute atomic E-state index is 0.342. The Hall–Kier alpha value is -0.380. The number of hydrogen-bond acceptors (Lipinski definition) is 3. The number of morpholine rings is 1. The Morgan fingerprint density at radius 3 is 2.82 bits per heavy atom. The van der Waals surface area contributed by atoms with Gasteiger partial charge in [0.1, 0.15) is 0 Å². The Labute approximate surface area is 105 Å². The molecule has 0 aromatic rings. The van der Waals surface area contributed by atoms with Crippen LogP contribution in [-0.4, -0.2) is 50.3 Å². The summed E-state index contributed by atoms with van der Waals surface area (Å²) in [4.78, 5) is 2.51. The number of rotatable bonds is 2. The van der Waals surface area contributed by atoms with Crippen molar-refractivity contribution in [3.63, 3.8) is 0 Å². The number of ether oxygens (including phenoxy) is 1. The molecule has 1 saturated heterocycles. The zero-order valence-corrected chi connectivity index (χ0v) is 11.5.